The molecule has 0 atom stereocenters. The van der Waals surface area contributed by atoms with E-state index in [9.17, 15) is 4.39 Å². The Hall–Kier alpha value is -1.06. The van der Waals surface area contributed by atoms with Crippen molar-refractivity contribution in [3.8, 4) is 0 Å². The number of halogens is 1. The highest BCUT2D eigenvalue weighted by Crippen LogP contribution is 1.79. The maximum atomic E-state index is 11.7. The molecule has 0 aromatic carbocycles. The van der Waals surface area contributed by atoms with Gasteiger partial charge < -0.3 is 0 Å². The molecule has 0 bridgehead atoms. The van der Waals surface area contributed by atoms with Crippen LogP contribution in [0, 0.1) is 5.95 Å². The second kappa shape index (κ2) is 1.59. The van der Waals surface area contributed by atoms with Crippen LogP contribution >= 0.6 is 0 Å². The van der Waals surface area contributed by atoms with Gasteiger partial charge in [0.05, 0.1) is 6.20 Å². The summed E-state index contributed by atoms with van der Waals surface area (Å²) in [5.41, 5.74) is 0. The van der Waals surface area contributed by atoms with Crippen molar-refractivity contribution in [1.29, 1.82) is 0 Å². The Morgan fingerprint density at radius 3 is 2.71 bits per heavy atom. The van der Waals surface area contributed by atoms with E-state index in [-0.39, 0.29) is 0 Å². The summed E-state index contributed by atoms with van der Waals surface area (Å²) in [4.78, 5) is 0. The maximum absolute atomic E-state index is 11.7. The number of rotatable bonds is 0. The lowest BCUT2D eigenvalue weighted by atomic mass is 10.7. The van der Waals surface area contributed by atoms with E-state index in [0.29, 0.717) is 0 Å². The Morgan fingerprint density at radius 1 is 1.57 bits per heavy atom. The lowest BCUT2D eigenvalue weighted by Gasteiger charge is -1.75. The summed E-state index contributed by atoms with van der Waals surface area (Å²) in [6.07, 6.45) is 1.24. The van der Waals surface area contributed by atoms with Gasteiger partial charge in [-0.25, -0.2) is 0 Å². The molecule has 0 N–H and O–H groups in total. The third-order valence-electron chi connectivity index (χ3n) is 0.471. The van der Waals surface area contributed by atoms with Gasteiger partial charge >= 0.3 is 0 Å². The molecule has 0 amide bonds. The second-order valence-electron chi connectivity index (χ2n) is 0.943. The summed E-state index contributed by atoms with van der Waals surface area (Å²) in [7, 11) is 0. The maximum Gasteiger partial charge on any atom is 0.236 e. The van der Waals surface area contributed by atoms with Crippen LogP contribution in [0.3, 0.4) is 0 Å². The van der Waals surface area contributed by atoms with Gasteiger partial charge in [0.1, 0.15) is 0 Å². The minimum Gasteiger partial charge on any atom is -0.183 e. The summed E-state index contributed by atoms with van der Waals surface area (Å²) < 4.78 is 11.7. The van der Waals surface area contributed by atoms with E-state index in [0.717, 1.165) is 6.07 Å². The summed E-state index contributed by atoms with van der Waals surface area (Å²) in [5, 5.41) is 9.21. The van der Waals surface area contributed by atoms with E-state index in [1.54, 1.807) is 0 Å². The van der Waals surface area contributed by atoms with Gasteiger partial charge in [-0.2, -0.15) is 4.39 Å². The highest BCUT2D eigenvalue weighted by molar-refractivity contribution is 4.74. The van der Waals surface area contributed by atoms with E-state index >= 15 is 0 Å². The zero-order valence-electron chi connectivity index (χ0n) is 3.37. The highest BCUT2D eigenvalue weighted by atomic mass is 19.1. The highest BCUT2D eigenvalue weighted by Gasteiger charge is 1.81. The predicted molar refractivity (Wildman–Crippen MR) is 19.8 cm³/mol. The molecule has 1 aromatic rings. The fraction of sp³-hybridized carbons (Fsp3) is 0. The predicted octanol–water partition coefficient (Wildman–Crippen LogP) is 0.0107. The molecule has 36 valence electrons. The van der Waals surface area contributed by atoms with Crippen molar-refractivity contribution in [3.05, 3.63) is 18.2 Å². The lowest BCUT2D eigenvalue weighted by Crippen LogP contribution is -1.86. The zero-order chi connectivity index (χ0) is 5.11. The molecular formula is C3H2FN3. The van der Waals surface area contributed by atoms with Crippen molar-refractivity contribution in [2.45, 2.75) is 0 Å². The minimum absolute atomic E-state index is 0.602. The van der Waals surface area contributed by atoms with Gasteiger partial charge in [0.15, 0.2) is 0 Å². The van der Waals surface area contributed by atoms with Crippen molar-refractivity contribution < 1.29 is 4.39 Å². The molecule has 0 unspecified atom stereocenters. The standard InChI is InChI=1S/C3H2FN3/c4-3-1-2-5-7-6-3/h1-2H. The van der Waals surface area contributed by atoms with Gasteiger partial charge in [-0.1, -0.05) is 5.10 Å². The average Bonchev–Trinajstić information content (AvgIpc) is 1.69. The molecule has 0 aliphatic carbocycles. The van der Waals surface area contributed by atoms with Crippen LogP contribution in [-0.4, -0.2) is 15.4 Å². The first-order chi connectivity index (χ1) is 3.39. The van der Waals surface area contributed by atoms with Crippen LogP contribution in [0.25, 0.3) is 0 Å². The van der Waals surface area contributed by atoms with Crippen LogP contribution in [0.1, 0.15) is 0 Å². The van der Waals surface area contributed by atoms with Crippen LogP contribution in [-0.2, 0) is 0 Å². The Bertz CT molecular complexity index is 140. The molecule has 0 fully saturated rings. The van der Waals surface area contributed by atoms with E-state index in [4.69, 9.17) is 0 Å². The molecule has 1 heterocycles. The second-order valence-corrected chi connectivity index (χ2v) is 0.943. The van der Waals surface area contributed by atoms with Gasteiger partial charge in [0.2, 0.25) is 5.95 Å². The van der Waals surface area contributed by atoms with Crippen LogP contribution in [0.2, 0.25) is 0 Å². The number of hydrogen-bond acceptors (Lipinski definition) is 3. The topological polar surface area (TPSA) is 38.7 Å². The lowest BCUT2D eigenvalue weighted by molar-refractivity contribution is 0.548. The molecular weight excluding hydrogens is 97.1 g/mol. The van der Waals surface area contributed by atoms with Crippen LogP contribution in [0.4, 0.5) is 4.39 Å². The summed E-state index contributed by atoms with van der Waals surface area (Å²) in [6, 6.07) is 1.13. The number of nitrogens with zero attached hydrogens (tertiary/aromatic N) is 3. The number of hydrogen-bond donors (Lipinski definition) is 0. The molecule has 0 aliphatic rings. The van der Waals surface area contributed by atoms with Crippen molar-refractivity contribution in [1.82, 2.24) is 15.4 Å². The van der Waals surface area contributed by atoms with Gasteiger partial charge in [0.25, 0.3) is 0 Å². The summed E-state index contributed by atoms with van der Waals surface area (Å²) >= 11 is 0. The van der Waals surface area contributed by atoms with Crippen molar-refractivity contribution in [2.75, 3.05) is 0 Å². The first kappa shape index (κ1) is 4.11. The monoisotopic (exact) mass is 99.0 g/mol. The molecule has 1 aromatic heterocycles. The van der Waals surface area contributed by atoms with Crippen molar-refractivity contribution in [3.63, 3.8) is 0 Å². The molecule has 0 saturated carbocycles. The Balaban J connectivity index is 3.02. The molecule has 7 heavy (non-hydrogen) atoms. The molecule has 3 nitrogen and oxygen atoms in total. The third kappa shape index (κ3) is 0.887. The average molecular weight is 99.1 g/mol. The molecule has 4 heteroatoms. The van der Waals surface area contributed by atoms with Crippen molar-refractivity contribution in [2.24, 2.45) is 0 Å². The first-order valence-electron chi connectivity index (χ1n) is 1.69. The van der Waals surface area contributed by atoms with Crippen molar-refractivity contribution >= 4 is 0 Å². The smallest absolute Gasteiger partial charge is 0.183 e. The van der Waals surface area contributed by atoms with Gasteiger partial charge in [0, 0.05) is 6.07 Å². The number of aromatic nitrogens is 3. The minimum atomic E-state index is -0.602. The summed E-state index contributed by atoms with van der Waals surface area (Å²) in [5.74, 6) is -0.602. The SMILES string of the molecule is Fc1ccnnn1. The molecule has 0 radical (unpaired) electrons. The van der Waals surface area contributed by atoms with E-state index in [1.807, 2.05) is 0 Å². The molecule has 0 spiro atoms. The Morgan fingerprint density at radius 2 is 2.43 bits per heavy atom. The van der Waals surface area contributed by atoms with Gasteiger partial charge in [-0.15, -0.1) is 5.10 Å². The fourth-order valence-electron chi connectivity index (χ4n) is 0.227. The molecule has 0 aliphatic heterocycles. The van der Waals surface area contributed by atoms with E-state index in [1.165, 1.54) is 6.20 Å². The van der Waals surface area contributed by atoms with Gasteiger partial charge in [-0.3, -0.25) is 0 Å². The van der Waals surface area contributed by atoms with Crippen LogP contribution in [0.15, 0.2) is 12.3 Å². The fourth-order valence-corrected chi connectivity index (χ4v) is 0.227. The normalized spacial score (nSPS) is 8.71. The molecule has 1 rings (SSSR count). The Kier molecular flexibility index (Phi) is 0.934. The quantitative estimate of drug-likeness (QED) is 0.460. The van der Waals surface area contributed by atoms with Gasteiger partial charge in [-0.05, 0) is 5.21 Å². The summed E-state index contributed by atoms with van der Waals surface area (Å²) in [6.45, 7) is 0. The molecule has 0 saturated heterocycles. The van der Waals surface area contributed by atoms with Crippen LogP contribution in [0.5, 0.6) is 0 Å². The van der Waals surface area contributed by atoms with E-state index in [2.05, 4.69) is 15.4 Å². The third-order valence-corrected chi connectivity index (χ3v) is 0.471. The zero-order valence-corrected chi connectivity index (χ0v) is 3.37. The van der Waals surface area contributed by atoms with E-state index < -0.39 is 5.95 Å². The first-order valence-corrected chi connectivity index (χ1v) is 1.69. The van der Waals surface area contributed by atoms with Crippen LogP contribution < -0.4 is 0 Å². The largest absolute Gasteiger partial charge is 0.236 e. The Labute approximate surface area is 39.2 Å².